The topological polar surface area (TPSA) is 58.2 Å². The predicted molar refractivity (Wildman–Crippen MR) is 86.6 cm³/mol. The summed E-state index contributed by atoms with van der Waals surface area (Å²) in [6.45, 7) is 2.07. The van der Waals surface area contributed by atoms with Gasteiger partial charge in [-0.25, -0.2) is 14.2 Å². The van der Waals surface area contributed by atoms with Crippen molar-refractivity contribution in [3.05, 3.63) is 59.6 Å². The molecular weight excluding hydrogens is 317 g/mol. The second kappa shape index (κ2) is 6.45. The van der Waals surface area contributed by atoms with Crippen molar-refractivity contribution < 1.29 is 13.9 Å². The Morgan fingerprint density at radius 1 is 1.43 bits per heavy atom. The van der Waals surface area contributed by atoms with Crippen molar-refractivity contribution in [3.63, 3.8) is 0 Å². The van der Waals surface area contributed by atoms with E-state index in [1.165, 1.54) is 23.9 Å². The lowest BCUT2D eigenvalue weighted by Gasteiger charge is -2.21. The fraction of sp³-hybridized carbons (Fsp3) is 0.250. The van der Waals surface area contributed by atoms with Crippen molar-refractivity contribution in [2.45, 2.75) is 12.3 Å². The summed E-state index contributed by atoms with van der Waals surface area (Å²) in [6.07, 6.45) is 3.33. The Hall–Kier alpha value is -2.28. The Bertz CT molecular complexity index is 728. The van der Waals surface area contributed by atoms with Crippen LogP contribution in [0.15, 0.2) is 42.5 Å². The SMILES string of the molecule is CCOC(=O)C1=C(c2ccc(F)cc2)SC(c2cnc[nH]2)N1C. The first-order chi connectivity index (χ1) is 11.1. The maximum atomic E-state index is 13.2. The van der Waals surface area contributed by atoms with Crippen molar-refractivity contribution in [1.82, 2.24) is 14.9 Å². The third kappa shape index (κ3) is 2.96. The van der Waals surface area contributed by atoms with Crippen LogP contribution in [0.2, 0.25) is 0 Å². The number of nitrogens with zero attached hydrogens (tertiary/aromatic N) is 2. The second-order valence-electron chi connectivity index (χ2n) is 4.99. The van der Waals surface area contributed by atoms with Crippen LogP contribution in [0.5, 0.6) is 0 Å². The number of benzene rings is 1. The lowest BCUT2D eigenvalue weighted by atomic mass is 10.1. The highest BCUT2D eigenvalue weighted by molar-refractivity contribution is 8.08. The van der Waals surface area contributed by atoms with Crippen molar-refractivity contribution in [2.75, 3.05) is 13.7 Å². The molecule has 2 heterocycles. The summed E-state index contributed by atoms with van der Waals surface area (Å²) in [5, 5.41) is -0.114. The predicted octanol–water partition coefficient (Wildman–Crippen LogP) is 3.16. The number of imidazole rings is 1. The molecule has 0 saturated carbocycles. The van der Waals surface area contributed by atoms with E-state index in [2.05, 4.69) is 9.97 Å². The molecule has 1 aliphatic heterocycles. The fourth-order valence-corrected chi connectivity index (χ4v) is 3.79. The molecule has 5 nitrogen and oxygen atoms in total. The van der Waals surface area contributed by atoms with Crippen LogP contribution in [-0.4, -0.2) is 34.5 Å². The molecule has 1 atom stereocenters. The number of thioether (sulfide) groups is 1. The van der Waals surface area contributed by atoms with Gasteiger partial charge in [-0.1, -0.05) is 23.9 Å². The van der Waals surface area contributed by atoms with E-state index in [4.69, 9.17) is 4.74 Å². The Balaban J connectivity index is 2.02. The molecule has 2 aromatic rings. The molecule has 1 aromatic heterocycles. The zero-order valence-corrected chi connectivity index (χ0v) is 13.6. The van der Waals surface area contributed by atoms with Gasteiger partial charge in [-0.05, 0) is 24.6 Å². The average molecular weight is 333 g/mol. The zero-order valence-electron chi connectivity index (χ0n) is 12.7. The van der Waals surface area contributed by atoms with Crippen LogP contribution in [0.1, 0.15) is 23.6 Å². The summed E-state index contributed by atoms with van der Waals surface area (Å²) < 4.78 is 18.4. The summed E-state index contributed by atoms with van der Waals surface area (Å²) >= 11 is 1.51. The minimum absolute atomic E-state index is 0.114. The molecule has 0 spiro atoms. The van der Waals surface area contributed by atoms with E-state index >= 15 is 0 Å². The molecule has 0 saturated heterocycles. The minimum atomic E-state index is -0.385. The molecule has 7 heteroatoms. The van der Waals surface area contributed by atoms with Crippen LogP contribution in [0, 0.1) is 5.82 Å². The normalized spacial score (nSPS) is 17.7. The lowest BCUT2D eigenvalue weighted by molar-refractivity contribution is -0.140. The molecular formula is C16H16FN3O2S. The number of halogens is 1. The third-order valence-electron chi connectivity index (χ3n) is 3.51. The standard InChI is InChI=1S/C16H16FN3O2S/c1-3-22-16(21)13-14(10-4-6-11(17)7-5-10)23-15(20(13)2)12-8-18-9-19-12/h4-9,15H,3H2,1-2H3,(H,18,19). The molecule has 1 aliphatic rings. The summed E-state index contributed by atoms with van der Waals surface area (Å²) in [7, 11) is 1.83. The Labute approximate surface area is 137 Å². The average Bonchev–Trinajstić information content (AvgIpc) is 3.16. The van der Waals surface area contributed by atoms with Crippen molar-refractivity contribution in [1.29, 1.82) is 0 Å². The third-order valence-corrected chi connectivity index (χ3v) is 4.97. The molecule has 1 unspecified atom stereocenters. The number of nitrogens with one attached hydrogen (secondary N) is 1. The first-order valence-electron chi connectivity index (χ1n) is 7.17. The first kappa shape index (κ1) is 15.6. The number of esters is 1. The van der Waals surface area contributed by atoms with E-state index < -0.39 is 0 Å². The van der Waals surface area contributed by atoms with E-state index in [-0.39, 0.29) is 17.2 Å². The van der Waals surface area contributed by atoms with Crippen LogP contribution in [0.3, 0.4) is 0 Å². The van der Waals surface area contributed by atoms with Crippen LogP contribution in [-0.2, 0) is 9.53 Å². The number of likely N-dealkylation sites (N-methyl/N-ethyl adjacent to an activating group) is 1. The molecule has 0 amide bonds. The molecule has 0 fully saturated rings. The summed E-state index contributed by atoms with van der Waals surface area (Å²) in [6, 6.07) is 6.10. The molecule has 0 radical (unpaired) electrons. The van der Waals surface area contributed by atoms with Gasteiger partial charge in [0, 0.05) is 12.0 Å². The van der Waals surface area contributed by atoms with E-state index in [9.17, 15) is 9.18 Å². The molecule has 3 rings (SSSR count). The number of hydrogen-bond donors (Lipinski definition) is 1. The monoisotopic (exact) mass is 333 g/mol. The highest BCUT2D eigenvalue weighted by atomic mass is 32.2. The number of rotatable bonds is 4. The highest BCUT2D eigenvalue weighted by Gasteiger charge is 2.37. The maximum Gasteiger partial charge on any atom is 0.355 e. The van der Waals surface area contributed by atoms with Crippen LogP contribution < -0.4 is 0 Å². The number of carbonyl (C=O) groups excluding carboxylic acids is 1. The number of H-pyrrole nitrogens is 1. The zero-order chi connectivity index (χ0) is 16.4. The number of hydrogen-bond acceptors (Lipinski definition) is 5. The molecule has 0 bridgehead atoms. The lowest BCUT2D eigenvalue weighted by Crippen LogP contribution is -2.24. The van der Waals surface area contributed by atoms with Gasteiger partial charge in [0.15, 0.2) is 0 Å². The van der Waals surface area contributed by atoms with Crippen LogP contribution in [0.4, 0.5) is 4.39 Å². The summed E-state index contributed by atoms with van der Waals surface area (Å²) in [5.74, 6) is -0.697. The largest absolute Gasteiger partial charge is 0.461 e. The molecule has 23 heavy (non-hydrogen) atoms. The van der Waals surface area contributed by atoms with Gasteiger partial charge in [-0.3, -0.25) is 0 Å². The Morgan fingerprint density at radius 2 is 2.17 bits per heavy atom. The van der Waals surface area contributed by atoms with Crippen molar-refractivity contribution in [2.24, 2.45) is 0 Å². The second-order valence-corrected chi connectivity index (χ2v) is 6.08. The van der Waals surface area contributed by atoms with Gasteiger partial charge in [0.2, 0.25) is 0 Å². The molecule has 1 aromatic carbocycles. The van der Waals surface area contributed by atoms with Gasteiger partial charge in [-0.2, -0.15) is 0 Å². The first-order valence-corrected chi connectivity index (χ1v) is 8.05. The Kier molecular flexibility index (Phi) is 4.38. The Morgan fingerprint density at radius 3 is 2.78 bits per heavy atom. The molecule has 0 aliphatic carbocycles. The number of carbonyl (C=O) groups is 1. The van der Waals surface area contributed by atoms with Gasteiger partial charge in [0.25, 0.3) is 0 Å². The fourth-order valence-electron chi connectivity index (χ4n) is 2.44. The van der Waals surface area contributed by atoms with E-state index in [0.717, 1.165) is 16.2 Å². The van der Waals surface area contributed by atoms with E-state index in [1.807, 2.05) is 11.9 Å². The quantitative estimate of drug-likeness (QED) is 0.871. The summed E-state index contributed by atoms with van der Waals surface area (Å²) in [4.78, 5) is 22.1. The van der Waals surface area contributed by atoms with Crippen LogP contribution >= 0.6 is 11.8 Å². The van der Waals surface area contributed by atoms with Crippen molar-refractivity contribution in [3.8, 4) is 0 Å². The van der Waals surface area contributed by atoms with Gasteiger partial charge in [0.1, 0.15) is 16.9 Å². The van der Waals surface area contributed by atoms with Gasteiger partial charge in [-0.15, -0.1) is 0 Å². The van der Waals surface area contributed by atoms with E-state index in [0.29, 0.717) is 12.3 Å². The summed E-state index contributed by atoms with van der Waals surface area (Å²) in [5.41, 5.74) is 2.15. The number of ether oxygens (including phenoxy) is 1. The highest BCUT2D eigenvalue weighted by Crippen LogP contribution is 2.50. The minimum Gasteiger partial charge on any atom is -0.461 e. The van der Waals surface area contributed by atoms with E-state index in [1.54, 1.807) is 31.6 Å². The van der Waals surface area contributed by atoms with Gasteiger partial charge in [0.05, 0.1) is 24.8 Å². The number of aromatic nitrogens is 2. The van der Waals surface area contributed by atoms with Gasteiger partial charge >= 0.3 is 5.97 Å². The maximum absolute atomic E-state index is 13.2. The van der Waals surface area contributed by atoms with Crippen molar-refractivity contribution >= 4 is 22.6 Å². The molecule has 1 N–H and O–H groups in total. The van der Waals surface area contributed by atoms with Crippen LogP contribution in [0.25, 0.3) is 4.91 Å². The smallest absolute Gasteiger partial charge is 0.355 e. The number of aromatic amines is 1. The van der Waals surface area contributed by atoms with Gasteiger partial charge < -0.3 is 14.6 Å². The molecule has 120 valence electrons.